The molecule has 2 aromatic rings. The molecule has 6 heteroatoms. The van der Waals surface area contributed by atoms with Crippen molar-refractivity contribution < 1.29 is 9.32 Å². The summed E-state index contributed by atoms with van der Waals surface area (Å²) in [5.41, 5.74) is 7.10. The lowest BCUT2D eigenvalue weighted by Crippen LogP contribution is -2.49. The average Bonchev–Trinajstić information content (AvgIpc) is 3.05. The van der Waals surface area contributed by atoms with Crippen molar-refractivity contribution >= 4 is 18.3 Å². The summed E-state index contributed by atoms with van der Waals surface area (Å²) >= 11 is 0. The zero-order valence-corrected chi connectivity index (χ0v) is 14.0. The van der Waals surface area contributed by atoms with E-state index in [1.165, 1.54) is 0 Å². The Labute approximate surface area is 142 Å². The third kappa shape index (κ3) is 3.74. The Morgan fingerprint density at radius 3 is 2.83 bits per heavy atom. The van der Waals surface area contributed by atoms with Gasteiger partial charge in [-0.2, -0.15) is 0 Å². The molecule has 0 bridgehead atoms. The quantitative estimate of drug-likeness (QED) is 0.936. The molecular weight excluding hydrogens is 314 g/mol. The van der Waals surface area contributed by atoms with Crippen LogP contribution in [0.4, 0.5) is 0 Å². The normalized spacial score (nSPS) is 20.9. The molecule has 0 spiro atoms. The van der Waals surface area contributed by atoms with E-state index in [9.17, 15) is 4.79 Å². The average molecular weight is 336 g/mol. The third-order valence-corrected chi connectivity index (χ3v) is 4.30. The van der Waals surface area contributed by atoms with Crippen LogP contribution in [0.2, 0.25) is 0 Å². The summed E-state index contributed by atoms with van der Waals surface area (Å²) in [5.74, 6) is 1.13. The molecular formula is C17H22ClN3O2. The number of carbonyl (C=O) groups is 1. The van der Waals surface area contributed by atoms with Crippen LogP contribution in [0.25, 0.3) is 11.3 Å². The molecule has 1 aliphatic heterocycles. The predicted octanol–water partition coefficient (Wildman–Crippen LogP) is 2.96. The van der Waals surface area contributed by atoms with E-state index in [4.69, 9.17) is 10.3 Å². The first-order valence-electron chi connectivity index (χ1n) is 7.72. The van der Waals surface area contributed by atoms with Crippen molar-refractivity contribution in [3.05, 3.63) is 42.1 Å². The monoisotopic (exact) mass is 335 g/mol. The van der Waals surface area contributed by atoms with Gasteiger partial charge in [0.1, 0.15) is 0 Å². The lowest BCUT2D eigenvalue weighted by molar-refractivity contribution is 0.0563. The number of hydrogen-bond donors (Lipinski definition) is 1. The van der Waals surface area contributed by atoms with Gasteiger partial charge in [0.25, 0.3) is 5.91 Å². The molecule has 0 aliphatic carbocycles. The minimum Gasteiger partial charge on any atom is -0.355 e. The van der Waals surface area contributed by atoms with E-state index in [2.05, 4.69) is 12.1 Å². The summed E-state index contributed by atoms with van der Waals surface area (Å²) in [5, 5.41) is 3.95. The van der Waals surface area contributed by atoms with Crippen molar-refractivity contribution in [2.45, 2.75) is 25.8 Å². The topological polar surface area (TPSA) is 72.4 Å². The molecule has 5 nitrogen and oxygen atoms in total. The molecule has 0 saturated carbocycles. The molecule has 23 heavy (non-hydrogen) atoms. The van der Waals surface area contributed by atoms with Crippen molar-refractivity contribution in [3.8, 4) is 11.3 Å². The summed E-state index contributed by atoms with van der Waals surface area (Å²) in [4.78, 5) is 14.5. The molecule has 1 aromatic heterocycles. The third-order valence-electron chi connectivity index (χ3n) is 4.30. The minimum atomic E-state index is -0.0896. The number of nitrogens with zero attached hydrogens (tertiary/aromatic N) is 2. The maximum Gasteiger partial charge on any atom is 0.276 e. The smallest absolute Gasteiger partial charge is 0.276 e. The maximum atomic E-state index is 12.7. The molecule has 2 N–H and O–H groups in total. The molecule has 1 fully saturated rings. The van der Waals surface area contributed by atoms with Crippen molar-refractivity contribution in [1.29, 1.82) is 0 Å². The molecule has 1 aliphatic rings. The van der Waals surface area contributed by atoms with Crippen LogP contribution in [-0.4, -0.2) is 35.1 Å². The Balaban J connectivity index is 0.00000192. The largest absolute Gasteiger partial charge is 0.355 e. The molecule has 0 radical (unpaired) electrons. The number of piperidine rings is 1. The molecule has 1 saturated heterocycles. The minimum absolute atomic E-state index is 0. The van der Waals surface area contributed by atoms with Gasteiger partial charge in [0.15, 0.2) is 11.5 Å². The Kier molecular flexibility index (Phi) is 5.80. The molecule has 1 amide bonds. The summed E-state index contributed by atoms with van der Waals surface area (Å²) in [6.07, 6.45) is 1.96. The number of nitrogens with two attached hydrogens (primary N) is 1. The summed E-state index contributed by atoms with van der Waals surface area (Å²) in [6, 6.07) is 11.5. The zero-order chi connectivity index (χ0) is 15.5. The van der Waals surface area contributed by atoms with Crippen LogP contribution in [0.5, 0.6) is 0 Å². The second-order valence-corrected chi connectivity index (χ2v) is 5.96. The van der Waals surface area contributed by atoms with E-state index in [0.29, 0.717) is 23.9 Å². The van der Waals surface area contributed by atoms with Gasteiger partial charge >= 0.3 is 0 Å². The fourth-order valence-electron chi connectivity index (χ4n) is 3.00. The summed E-state index contributed by atoms with van der Waals surface area (Å²) in [7, 11) is 0. The molecule has 124 valence electrons. The van der Waals surface area contributed by atoms with Crippen LogP contribution in [0.15, 0.2) is 40.9 Å². The number of rotatable bonds is 3. The van der Waals surface area contributed by atoms with Gasteiger partial charge < -0.3 is 15.2 Å². The first-order chi connectivity index (χ1) is 10.7. The van der Waals surface area contributed by atoms with Crippen molar-refractivity contribution in [3.63, 3.8) is 0 Å². The van der Waals surface area contributed by atoms with E-state index < -0.39 is 0 Å². The van der Waals surface area contributed by atoms with E-state index in [1.807, 2.05) is 35.2 Å². The number of hydrogen-bond acceptors (Lipinski definition) is 4. The standard InChI is InChI=1S/C17H21N3O2.ClH/c1-12-7-8-20(14(9-12)11-18)17(21)15-10-16(22-19-15)13-5-3-2-4-6-13;/h2-6,10,12,14H,7-9,11,18H2,1H3;1H. The Bertz CT molecular complexity index is 644. The van der Waals surface area contributed by atoms with Crippen LogP contribution in [0.3, 0.4) is 0 Å². The van der Waals surface area contributed by atoms with E-state index in [1.54, 1.807) is 6.07 Å². The van der Waals surface area contributed by atoms with Crippen LogP contribution >= 0.6 is 12.4 Å². The molecule has 1 aromatic carbocycles. The maximum absolute atomic E-state index is 12.7. The van der Waals surface area contributed by atoms with Crippen molar-refractivity contribution in [2.75, 3.05) is 13.1 Å². The van der Waals surface area contributed by atoms with Gasteiger partial charge in [-0.3, -0.25) is 4.79 Å². The van der Waals surface area contributed by atoms with Gasteiger partial charge in [-0.25, -0.2) is 0 Å². The Hall–Kier alpha value is -1.85. The lowest BCUT2D eigenvalue weighted by atomic mass is 9.92. The van der Waals surface area contributed by atoms with Gasteiger partial charge in [-0.05, 0) is 18.8 Å². The highest BCUT2D eigenvalue weighted by Crippen LogP contribution is 2.25. The van der Waals surface area contributed by atoms with Crippen LogP contribution in [0, 0.1) is 5.92 Å². The fourth-order valence-corrected chi connectivity index (χ4v) is 3.00. The Morgan fingerprint density at radius 1 is 1.39 bits per heavy atom. The van der Waals surface area contributed by atoms with Gasteiger partial charge in [0.05, 0.1) is 0 Å². The second-order valence-electron chi connectivity index (χ2n) is 5.96. The van der Waals surface area contributed by atoms with Gasteiger partial charge in [-0.15, -0.1) is 12.4 Å². The first-order valence-corrected chi connectivity index (χ1v) is 7.72. The number of likely N-dealkylation sites (tertiary alicyclic amines) is 1. The van der Waals surface area contributed by atoms with Crippen molar-refractivity contribution in [1.82, 2.24) is 10.1 Å². The number of aromatic nitrogens is 1. The summed E-state index contributed by atoms with van der Waals surface area (Å²) < 4.78 is 5.32. The number of halogens is 1. The number of amides is 1. The number of carbonyl (C=O) groups excluding carboxylic acids is 1. The number of benzene rings is 1. The highest BCUT2D eigenvalue weighted by Gasteiger charge is 2.31. The SMILES string of the molecule is CC1CCN(C(=O)c2cc(-c3ccccc3)on2)C(CN)C1.Cl. The molecule has 2 unspecified atom stereocenters. The molecule has 2 heterocycles. The van der Waals surface area contributed by atoms with E-state index in [-0.39, 0.29) is 24.4 Å². The van der Waals surface area contributed by atoms with Crippen LogP contribution < -0.4 is 5.73 Å². The molecule has 3 rings (SSSR count). The predicted molar refractivity (Wildman–Crippen MR) is 91.5 cm³/mol. The van der Waals surface area contributed by atoms with Crippen molar-refractivity contribution in [2.24, 2.45) is 11.7 Å². The van der Waals surface area contributed by atoms with Gasteiger partial charge in [0.2, 0.25) is 0 Å². The van der Waals surface area contributed by atoms with Crippen LogP contribution in [-0.2, 0) is 0 Å². The first kappa shape index (κ1) is 17.5. The molecule has 2 atom stereocenters. The van der Waals surface area contributed by atoms with Gasteiger partial charge in [-0.1, -0.05) is 42.4 Å². The fraction of sp³-hybridized carbons (Fsp3) is 0.412. The van der Waals surface area contributed by atoms with E-state index >= 15 is 0 Å². The lowest BCUT2D eigenvalue weighted by Gasteiger charge is -2.37. The zero-order valence-electron chi connectivity index (χ0n) is 13.1. The highest BCUT2D eigenvalue weighted by atomic mass is 35.5. The Morgan fingerprint density at radius 2 is 2.13 bits per heavy atom. The summed E-state index contributed by atoms with van der Waals surface area (Å²) in [6.45, 7) is 3.42. The van der Waals surface area contributed by atoms with Gasteiger partial charge in [0, 0.05) is 30.8 Å². The van der Waals surface area contributed by atoms with E-state index in [0.717, 1.165) is 24.9 Å². The highest BCUT2D eigenvalue weighted by molar-refractivity contribution is 5.93. The second kappa shape index (κ2) is 7.62. The van der Waals surface area contributed by atoms with Crippen LogP contribution in [0.1, 0.15) is 30.3 Å².